The molecule has 1 aliphatic rings. The lowest BCUT2D eigenvalue weighted by Crippen LogP contribution is -2.58. The molecule has 5 atom stereocenters. The van der Waals surface area contributed by atoms with Gasteiger partial charge in [0.15, 0.2) is 0 Å². The van der Waals surface area contributed by atoms with Gasteiger partial charge < -0.3 is 26.4 Å². The number of aliphatic carboxylic acids is 1. The molecule has 1 aliphatic heterocycles. The Balaban J connectivity index is 1.76. The highest BCUT2D eigenvalue weighted by Crippen LogP contribution is 2.21. The van der Waals surface area contributed by atoms with Crippen LogP contribution in [0.1, 0.15) is 44.2 Å². The van der Waals surface area contributed by atoms with Gasteiger partial charge in [-0.25, -0.2) is 4.79 Å². The summed E-state index contributed by atoms with van der Waals surface area (Å²) in [6.45, 7) is 3.97. The minimum Gasteiger partial charge on any atom is -0.480 e. The summed E-state index contributed by atoms with van der Waals surface area (Å²) in [6, 6.07) is 15.1. The first kappa shape index (κ1) is 28.8. The topological polar surface area (TPSA) is 142 Å². The Bertz CT molecular complexity index is 1090. The molecule has 3 rings (SSSR count). The van der Waals surface area contributed by atoms with Crippen LogP contribution in [0.5, 0.6) is 0 Å². The first-order valence-corrected chi connectivity index (χ1v) is 13.2. The van der Waals surface area contributed by atoms with Crippen molar-refractivity contribution in [1.29, 1.82) is 0 Å². The van der Waals surface area contributed by atoms with Crippen LogP contribution in [0.3, 0.4) is 0 Å². The normalized spacial score (nSPS) is 18.2. The minimum atomic E-state index is -1.11. The van der Waals surface area contributed by atoms with Gasteiger partial charge in [-0.05, 0) is 36.3 Å². The third-order valence-corrected chi connectivity index (χ3v) is 7.15. The maximum atomic E-state index is 13.8. The summed E-state index contributed by atoms with van der Waals surface area (Å²) < 4.78 is 0. The van der Waals surface area contributed by atoms with Crippen LogP contribution in [0.2, 0.25) is 0 Å². The molecule has 0 aliphatic carbocycles. The lowest BCUT2D eigenvalue weighted by atomic mass is 9.98. The van der Waals surface area contributed by atoms with Crippen molar-refractivity contribution in [2.24, 2.45) is 11.7 Å². The maximum Gasteiger partial charge on any atom is 0.326 e. The van der Waals surface area contributed by atoms with E-state index in [1.54, 1.807) is 6.92 Å². The highest BCUT2D eigenvalue weighted by atomic mass is 16.4. The van der Waals surface area contributed by atoms with Crippen molar-refractivity contribution < 1.29 is 24.3 Å². The highest BCUT2D eigenvalue weighted by Gasteiger charge is 2.39. The smallest absolute Gasteiger partial charge is 0.326 e. The number of nitrogens with one attached hydrogen (secondary N) is 2. The van der Waals surface area contributed by atoms with Crippen molar-refractivity contribution in [2.75, 3.05) is 6.54 Å². The molecule has 9 nitrogen and oxygen atoms in total. The van der Waals surface area contributed by atoms with Crippen LogP contribution in [0.15, 0.2) is 60.7 Å². The lowest BCUT2D eigenvalue weighted by Gasteiger charge is -2.30. The van der Waals surface area contributed by atoms with Crippen molar-refractivity contribution in [3.8, 4) is 0 Å². The third-order valence-electron chi connectivity index (χ3n) is 7.15. The molecule has 2 aromatic carbocycles. The van der Waals surface area contributed by atoms with E-state index in [9.17, 15) is 24.3 Å². The zero-order valence-corrected chi connectivity index (χ0v) is 22.0. The first-order chi connectivity index (χ1) is 18.2. The van der Waals surface area contributed by atoms with E-state index >= 15 is 0 Å². The number of carbonyl (C=O) groups is 4. The summed E-state index contributed by atoms with van der Waals surface area (Å²) in [6.07, 6.45) is 2.16. The quantitative estimate of drug-likeness (QED) is 0.335. The number of carbonyl (C=O) groups excluding carboxylic acids is 3. The number of carboxylic acids is 1. The number of hydrogen-bond donors (Lipinski definition) is 4. The van der Waals surface area contributed by atoms with E-state index in [4.69, 9.17) is 5.73 Å². The van der Waals surface area contributed by atoms with E-state index in [-0.39, 0.29) is 18.2 Å². The Kier molecular flexibility index (Phi) is 10.4. The number of hydrogen-bond acceptors (Lipinski definition) is 5. The van der Waals surface area contributed by atoms with Gasteiger partial charge in [-0.15, -0.1) is 0 Å². The molecule has 0 spiro atoms. The summed E-state index contributed by atoms with van der Waals surface area (Å²) in [5, 5.41) is 15.1. The summed E-state index contributed by atoms with van der Waals surface area (Å²) in [5.41, 5.74) is 7.95. The number of likely N-dealkylation sites (tertiary alicyclic amines) is 1. The van der Waals surface area contributed by atoms with Gasteiger partial charge in [-0.2, -0.15) is 0 Å². The molecular formula is C29H38N4O5. The van der Waals surface area contributed by atoms with Gasteiger partial charge in [-0.1, -0.05) is 80.9 Å². The number of carboxylic acid groups (broad SMARTS) is 1. The summed E-state index contributed by atoms with van der Waals surface area (Å²) >= 11 is 0. The Morgan fingerprint density at radius 1 is 0.974 bits per heavy atom. The van der Waals surface area contributed by atoms with Crippen LogP contribution in [0.25, 0.3) is 0 Å². The molecule has 0 radical (unpaired) electrons. The molecule has 204 valence electrons. The van der Waals surface area contributed by atoms with Crippen molar-refractivity contribution >= 4 is 23.7 Å². The molecule has 0 aromatic heterocycles. The molecule has 5 N–H and O–H groups in total. The summed E-state index contributed by atoms with van der Waals surface area (Å²) in [7, 11) is 0. The van der Waals surface area contributed by atoms with Crippen LogP contribution in [-0.2, 0) is 32.0 Å². The fourth-order valence-electron chi connectivity index (χ4n) is 4.73. The number of benzene rings is 2. The van der Waals surface area contributed by atoms with Gasteiger partial charge in [0.2, 0.25) is 17.7 Å². The molecule has 0 saturated carbocycles. The number of rotatable bonds is 12. The zero-order valence-electron chi connectivity index (χ0n) is 22.0. The zero-order chi connectivity index (χ0) is 27.7. The maximum absolute atomic E-state index is 13.8. The van der Waals surface area contributed by atoms with Crippen molar-refractivity contribution in [3.05, 3.63) is 71.8 Å². The van der Waals surface area contributed by atoms with Crippen LogP contribution < -0.4 is 16.4 Å². The number of nitrogens with two attached hydrogens (primary N) is 1. The van der Waals surface area contributed by atoms with Crippen LogP contribution in [0.4, 0.5) is 0 Å². The van der Waals surface area contributed by atoms with Crippen molar-refractivity contribution in [1.82, 2.24) is 15.5 Å². The van der Waals surface area contributed by atoms with E-state index < -0.39 is 42.0 Å². The first-order valence-electron chi connectivity index (χ1n) is 13.2. The van der Waals surface area contributed by atoms with Crippen LogP contribution in [0, 0.1) is 5.92 Å². The average Bonchev–Trinajstić information content (AvgIpc) is 3.41. The Labute approximate surface area is 223 Å². The van der Waals surface area contributed by atoms with Gasteiger partial charge >= 0.3 is 5.97 Å². The molecule has 38 heavy (non-hydrogen) atoms. The second-order valence-corrected chi connectivity index (χ2v) is 9.95. The molecule has 9 heteroatoms. The second-order valence-electron chi connectivity index (χ2n) is 9.95. The minimum absolute atomic E-state index is 0.235. The van der Waals surface area contributed by atoms with E-state index in [2.05, 4.69) is 10.6 Å². The van der Waals surface area contributed by atoms with E-state index in [1.165, 1.54) is 4.90 Å². The van der Waals surface area contributed by atoms with Gasteiger partial charge in [0.1, 0.15) is 18.1 Å². The van der Waals surface area contributed by atoms with Gasteiger partial charge in [0, 0.05) is 13.0 Å². The third kappa shape index (κ3) is 7.64. The van der Waals surface area contributed by atoms with Crippen molar-refractivity contribution in [2.45, 2.75) is 70.1 Å². The predicted octanol–water partition coefficient (Wildman–Crippen LogP) is 1.89. The van der Waals surface area contributed by atoms with Gasteiger partial charge in [0.05, 0.1) is 6.04 Å². The molecule has 1 fully saturated rings. The molecule has 1 saturated heterocycles. The molecule has 0 bridgehead atoms. The SMILES string of the molecule is CCC(C)C(NC(=O)C1CCCN1C(=O)C(Cc1ccccc1)NC(=O)C(N)Cc1ccccc1)C(=O)O. The monoisotopic (exact) mass is 522 g/mol. The summed E-state index contributed by atoms with van der Waals surface area (Å²) in [4.78, 5) is 53.2. The van der Waals surface area contributed by atoms with Gasteiger partial charge in [-0.3, -0.25) is 14.4 Å². The van der Waals surface area contributed by atoms with E-state index in [0.717, 1.165) is 11.1 Å². The fraction of sp³-hybridized carbons (Fsp3) is 0.448. The van der Waals surface area contributed by atoms with Crippen LogP contribution >= 0.6 is 0 Å². The Morgan fingerprint density at radius 2 is 1.55 bits per heavy atom. The van der Waals surface area contributed by atoms with Gasteiger partial charge in [0.25, 0.3) is 0 Å². The molecule has 3 amide bonds. The Morgan fingerprint density at radius 3 is 2.11 bits per heavy atom. The number of amides is 3. The molecule has 1 heterocycles. The number of nitrogens with zero attached hydrogens (tertiary/aromatic N) is 1. The average molecular weight is 523 g/mol. The fourth-order valence-corrected chi connectivity index (χ4v) is 4.73. The van der Waals surface area contributed by atoms with E-state index in [0.29, 0.717) is 32.2 Å². The predicted molar refractivity (Wildman–Crippen MR) is 144 cm³/mol. The largest absolute Gasteiger partial charge is 0.480 e. The highest BCUT2D eigenvalue weighted by molar-refractivity contribution is 5.94. The van der Waals surface area contributed by atoms with Crippen LogP contribution in [-0.4, -0.2) is 64.4 Å². The van der Waals surface area contributed by atoms with E-state index in [1.807, 2.05) is 67.6 Å². The van der Waals surface area contributed by atoms with Crippen molar-refractivity contribution in [3.63, 3.8) is 0 Å². The molecule has 2 aromatic rings. The molecule has 5 unspecified atom stereocenters. The Hall–Kier alpha value is -3.72. The summed E-state index contributed by atoms with van der Waals surface area (Å²) in [5.74, 6) is -2.70. The second kappa shape index (κ2) is 13.7. The molecular weight excluding hydrogens is 484 g/mol. The standard InChI is InChI=1S/C29H38N4O5/c1-3-19(2)25(29(37)38)32-27(35)24-15-10-16-33(24)28(36)23(18-21-13-8-5-9-14-21)31-26(34)22(30)17-20-11-6-4-7-12-20/h4-9,11-14,19,22-25H,3,10,15-18,30H2,1-2H3,(H,31,34)(H,32,35)(H,37,38). The lowest BCUT2D eigenvalue weighted by molar-refractivity contribution is -0.146.